The molecule has 102 valence electrons. The van der Waals surface area contributed by atoms with Crippen molar-refractivity contribution in [1.29, 1.82) is 0 Å². The van der Waals surface area contributed by atoms with Gasteiger partial charge in [0.1, 0.15) is 0 Å². The van der Waals surface area contributed by atoms with Gasteiger partial charge >= 0.3 is 0 Å². The van der Waals surface area contributed by atoms with Crippen LogP contribution in [0, 0.1) is 6.92 Å². The average Bonchev–Trinajstić information content (AvgIpc) is 2.62. The predicted molar refractivity (Wildman–Crippen MR) is 74.9 cm³/mol. The van der Waals surface area contributed by atoms with Gasteiger partial charge in [-0.05, 0) is 39.4 Å². The van der Waals surface area contributed by atoms with Gasteiger partial charge in [-0.1, -0.05) is 18.5 Å². The van der Waals surface area contributed by atoms with E-state index in [1.165, 1.54) is 12.8 Å². The van der Waals surface area contributed by atoms with Gasteiger partial charge in [-0.15, -0.1) is 0 Å². The first-order valence-electron chi connectivity index (χ1n) is 6.76. The molecule has 2 rings (SSSR count). The quantitative estimate of drug-likeness (QED) is 0.908. The topological polar surface area (TPSA) is 33.1 Å². The van der Waals surface area contributed by atoms with E-state index in [-0.39, 0.29) is 0 Å². The molecule has 1 fully saturated rings. The predicted octanol–water partition coefficient (Wildman–Crippen LogP) is 1.96. The molecule has 1 aromatic rings. The normalized spacial score (nSPS) is 17.6. The SMILES string of the molecule is CCN(Cc1c(Cl)c(C)nn1C)C1CCNCC1. The van der Waals surface area contributed by atoms with Crippen LogP contribution in [0.1, 0.15) is 31.2 Å². The zero-order chi connectivity index (χ0) is 13.1. The fourth-order valence-electron chi connectivity index (χ4n) is 2.72. The highest BCUT2D eigenvalue weighted by molar-refractivity contribution is 6.31. The molecule has 0 bridgehead atoms. The van der Waals surface area contributed by atoms with Gasteiger partial charge in [0, 0.05) is 19.6 Å². The Labute approximate surface area is 114 Å². The molecule has 18 heavy (non-hydrogen) atoms. The second kappa shape index (κ2) is 6.04. The van der Waals surface area contributed by atoms with E-state index in [1.54, 1.807) is 0 Å². The van der Waals surface area contributed by atoms with Gasteiger partial charge in [-0.3, -0.25) is 9.58 Å². The Balaban J connectivity index is 2.09. The fraction of sp³-hybridized carbons (Fsp3) is 0.769. The first kappa shape index (κ1) is 13.8. The maximum atomic E-state index is 6.33. The third-order valence-corrected chi connectivity index (χ3v) is 4.34. The van der Waals surface area contributed by atoms with Crippen molar-refractivity contribution in [1.82, 2.24) is 20.0 Å². The maximum Gasteiger partial charge on any atom is 0.0860 e. The Kier molecular flexibility index (Phi) is 4.65. The molecule has 0 radical (unpaired) electrons. The molecule has 1 aliphatic rings. The Bertz CT molecular complexity index is 396. The highest BCUT2D eigenvalue weighted by Gasteiger charge is 2.22. The molecule has 1 saturated heterocycles. The number of nitrogens with zero attached hydrogens (tertiary/aromatic N) is 3. The summed E-state index contributed by atoms with van der Waals surface area (Å²) in [5, 5.41) is 8.63. The number of piperidine rings is 1. The highest BCUT2D eigenvalue weighted by atomic mass is 35.5. The Morgan fingerprint density at radius 3 is 2.61 bits per heavy atom. The van der Waals surface area contributed by atoms with E-state index in [1.807, 2.05) is 18.7 Å². The molecule has 0 atom stereocenters. The van der Waals surface area contributed by atoms with E-state index in [0.717, 1.165) is 42.6 Å². The summed E-state index contributed by atoms with van der Waals surface area (Å²) in [6.07, 6.45) is 2.45. The van der Waals surface area contributed by atoms with Crippen molar-refractivity contribution in [3.63, 3.8) is 0 Å². The summed E-state index contributed by atoms with van der Waals surface area (Å²) in [4.78, 5) is 2.52. The Morgan fingerprint density at radius 2 is 2.11 bits per heavy atom. The van der Waals surface area contributed by atoms with Crippen molar-refractivity contribution in [2.24, 2.45) is 7.05 Å². The number of rotatable bonds is 4. The summed E-state index contributed by atoms with van der Waals surface area (Å²) in [5.41, 5.74) is 2.06. The minimum Gasteiger partial charge on any atom is -0.317 e. The molecule has 0 unspecified atom stereocenters. The number of hydrogen-bond acceptors (Lipinski definition) is 3. The first-order valence-corrected chi connectivity index (χ1v) is 7.14. The van der Waals surface area contributed by atoms with Crippen LogP contribution in [-0.4, -0.2) is 40.4 Å². The largest absolute Gasteiger partial charge is 0.317 e. The number of aromatic nitrogens is 2. The van der Waals surface area contributed by atoms with Gasteiger partial charge in [-0.2, -0.15) is 5.10 Å². The summed E-state index contributed by atoms with van der Waals surface area (Å²) in [6.45, 7) is 8.40. The van der Waals surface area contributed by atoms with Gasteiger partial charge in [0.2, 0.25) is 0 Å². The van der Waals surface area contributed by atoms with Gasteiger partial charge in [0.25, 0.3) is 0 Å². The van der Waals surface area contributed by atoms with Gasteiger partial charge in [0.05, 0.1) is 16.4 Å². The third-order valence-electron chi connectivity index (χ3n) is 3.85. The van der Waals surface area contributed by atoms with E-state index in [2.05, 4.69) is 22.2 Å². The van der Waals surface area contributed by atoms with Crippen LogP contribution in [0.15, 0.2) is 0 Å². The van der Waals surface area contributed by atoms with Crippen molar-refractivity contribution < 1.29 is 0 Å². The molecule has 0 amide bonds. The van der Waals surface area contributed by atoms with Crippen molar-refractivity contribution in [3.8, 4) is 0 Å². The second-order valence-electron chi connectivity index (χ2n) is 5.01. The molecular formula is C13H23ClN4. The van der Waals surface area contributed by atoms with Gasteiger partial charge < -0.3 is 5.32 Å². The average molecular weight is 271 g/mol. The third kappa shape index (κ3) is 2.87. The second-order valence-corrected chi connectivity index (χ2v) is 5.39. The summed E-state index contributed by atoms with van der Waals surface area (Å²) >= 11 is 6.33. The van der Waals surface area contributed by atoms with Crippen molar-refractivity contribution in [2.45, 2.75) is 39.3 Å². The summed E-state index contributed by atoms with van der Waals surface area (Å²) in [5.74, 6) is 0. The smallest absolute Gasteiger partial charge is 0.0860 e. The van der Waals surface area contributed by atoms with Crippen LogP contribution in [0.3, 0.4) is 0 Å². The van der Waals surface area contributed by atoms with Crippen LogP contribution < -0.4 is 5.32 Å². The lowest BCUT2D eigenvalue weighted by molar-refractivity contribution is 0.158. The van der Waals surface area contributed by atoms with Crippen LogP contribution in [0.25, 0.3) is 0 Å². The number of halogens is 1. The first-order chi connectivity index (χ1) is 8.63. The molecular weight excluding hydrogens is 248 g/mol. The molecule has 0 saturated carbocycles. The van der Waals surface area contributed by atoms with Gasteiger partial charge in [-0.25, -0.2) is 0 Å². The number of hydrogen-bond donors (Lipinski definition) is 1. The van der Waals surface area contributed by atoms with Crippen LogP contribution in [0.4, 0.5) is 0 Å². The summed E-state index contributed by atoms with van der Waals surface area (Å²) in [7, 11) is 1.98. The zero-order valence-electron chi connectivity index (χ0n) is 11.5. The molecule has 1 aromatic heterocycles. The van der Waals surface area contributed by atoms with E-state index in [0.29, 0.717) is 6.04 Å². The number of nitrogens with one attached hydrogen (secondary N) is 1. The molecule has 0 spiro atoms. The van der Waals surface area contributed by atoms with Crippen LogP contribution in [0.2, 0.25) is 5.02 Å². The van der Waals surface area contributed by atoms with E-state index in [9.17, 15) is 0 Å². The summed E-state index contributed by atoms with van der Waals surface area (Å²) < 4.78 is 1.92. The Morgan fingerprint density at radius 1 is 1.44 bits per heavy atom. The van der Waals surface area contributed by atoms with Crippen LogP contribution in [-0.2, 0) is 13.6 Å². The number of aryl methyl sites for hydroxylation is 2. The Hall–Kier alpha value is -0.580. The molecule has 1 N–H and O–H groups in total. The fourth-order valence-corrected chi connectivity index (χ4v) is 2.94. The molecule has 0 aromatic carbocycles. The van der Waals surface area contributed by atoms with E-state index in [4.69, 9.17) is 11.6 Å². The van der Waals surface area contributed by atoms with Crippen LogP contribution >= 0.6 is 11.6 Å². The van der Waals surface area contributed by atoms with Crippen molar-refractivity contribution in [2.75, 3.05) is 19.6 Å². The lowest BCUT2D eigenvalue weighted by atomic mass is 10.0. The van der Waals surface area contributed by atoms with Gasteiger partial charge in [0.15, 0.2) is 0 Å². The minimum absolute atomic E-state index is 0.669. The summed E-state index contributed by atoms with van der Waals surface area (Å²) in [6, 6.07) is 0.669. The molecule has 0 aliphatic carbocycles. The molecule has 2 heterocycles. The molecule has 1 aliphatic heterocycles. The molecule has 4 nitrogen and oxygen atoms in total. The van der Waals surface area contributed by atoms with E-state index >= 15 is 0 Å². The monoisotopic (exact) mass is 270 g/mol. The van der Waals surface area contributed by atoms with E-state index < -0.39 is 0 Å². The van der Waals surface area contributed by atoms with Crippen molar-refractivity contribution >= 4 is 11.6 Å². The maximum absolute atomic E-state index is 6.33. The standard InChI is InChI=1S/C13H23ClN4/c1-4-18(11-5-7-15-8-6-11)9-12-13(14)10(2)16-17(12)3/h11,15H,4-9H2,1-3H3. The molecule has 5 heteroatoms. The lowest BCUT2D eigenvalue weighted by Gasteiger charge is -2.33. The lowest BCUT2D eigenvalue weighted by Crippen LogP contribution is -2.42. The zero-order valence-corrected chi connectivity index (χ0v) is 12.3. The van der Waals surface area contributed by atoms with Crippen molar-refractivity contribution in [3.05, 3.63) is 16.4 Å². The highest BCUT2D eigenvalue weighted by Crippen LogP contribution is 2.23. The van der Waals surface area contributed by atoms with Crippen LogP contribution in [0.5, 0.6) is 0 Å². The minimum atomic E-state index is 0.669.